The average molecular weight is 750 g/mol. The molecule has 1 aliphatic rings. The van der Waals surface area contributed by atoms with Gasteiger partial charge in [0.2, 0.25) is 27.7 Å². The third kappa shape index (κ3) is 10.3. The highest BCUT2D eigenvalue weighted by molar-refractivity contribution is 7.90. The molecule has 1 unspecified atom stereocenters. The molecule has 17 nitrogen and oxygen atoms in total. The summed E-state index contributed by atoms with van der Waals surface area (Å²) in [6.07, 6.45) is 0.901. The van der Waals surface area contributed by atoms with Crippen molar-refractivity contribution in [2.45, 2.75) is 29.2 Å². The van der Waals surface area contributed by atoms with E-state index in [1.807, 2.05) is 31.2 Å². The molecule has 0 fully saturated rings. The highest BCUT2D eigenvalue weighted by Crippen LogP contribution is 2.34. The Morgan fingerprint density at radius 2 is 1.67 bits per heavy atom. The van der Waals surface area contributed by atoms with Gasteiger partial charge in [-0.3, -0.25) is 10.1 Å². The molecule has 3 amide bonds. The van der Waals surface area contributed by atoms with Crippen LogP contribution < -0.4 is 33.9 Å². The maximum atomic E-state index is 12.7. The van der Waals surface area contributed by atoms with Gasteiger partial charge in [-0.15, -0.1) is 0 Å². The number of hydrogen-bond donors (Lipinski definition) is 4. The van der Waals surface area contributed by atoms with Crippen LogP contribution in [0.25, 0.3) is 0 Å². The molecule has 0 bridgehead atoms. The van der Waals surface area contributed by atoms with Crippen LogP contribution in [0.15, 0.2) is 53.4 Å². The summed E-state index contributed by atoms with van der Waals surface area (Å²) in [5.41, 5.74) is 0.229. The molecule has 1 aromatic heterocycles. The number of benzene rings is 2. The van der Waals surface area contributed by atoms with Gasteiger partial charge in [0.15, 0.2) is 4.84 Å². The number of methoxy groups -OCH3 is 2. The van der Waals surface area contributed by atoms with Crippen molar-refractivity contribution in [3.8, 4) is 17.5 Å². The van der Waals surface area contributed by atoms with E-state index in [0.717, 1.165) is 24.1 Å². The van der Waals surface area contributed by atoms with Gasteiger partial charge in [0.05, 0.1) is 43.8 Å². The van der Waals surface area contributed by atoms with Crippen molar-refractivity contribution in [3.63, 3.8) is 0 Å². The molecule has 0 aliphatic carbocycles. The number of nitrogens with zero attached hydrogens (tertiary/aromatic N) is 3. The second-order valence-corrected chi connectivity index (χ2v) is 14.3. The summed E-state index contributed by atoms with van der Waals surface area (Å²) in [5.74, 6) is -1.51. The fraction of sp³-hybridized carbons (Fsp3) is 0.296. The molecular formula is C27H30Cl2N6O11S2. The van der Waals surface area contributed by atoms with E-state index in [-0.39, 0.29) is 41.8 Å². The number of amides is 3. The lowest BCUT2D eigenvalue weighted by Crippen LogP contribution is -2.47. The van der Waals surface area contributed by atoms with Gasteiger partial charge in [0.1, 0.15) is 17.3 Å². The average Bonchev–Trinajstić information content (AvgIpc) is 3.02. The number of alkyl halides is 2. The lowest BCUT2D eigenvalue weighted by Gasteiger charge is -2.35. The molecule has 0 saturated heterocycles. The second-order valence-electron chi connectivity index (χ2n) is 9.70. The van der Waals surface area contributed by atoms with Crippen molar-refractivity contribution in [3.05, 3.63) is 59.7 Å². The number of nitrogens with one attached hydrogen (secondary N) is 3. The van der Waals surface area contributed by atoms with Gasteiger partial charge in [-0.1, -0.05) is 41.4 Å². The number of rotatable bonds is 10. The third-order valence-electron chi connectivity index (χ3n) is 6.12. The summed E-state index contributed by atoms with van der Waals surface area (Å²) in [6, 6.07) is 10.4. The number of carbonyl (C=O) groups is 3. The Labute approximate surface area is 285 Å². The Bertz CT molecular complexity index is 1870. The molecule has 3 aromatic rings. The van der Waals surface area contributed by atoms with Crippen molar-refractivity contribution in [1.29, 1.82) is 0 Å². The number of carboxylic acid groups (broad SMARTS) is 1. The van der Waals surface area contributed by atoms with Crippen LogP contribution in [0.2, 0.25) is 0 Å². The van der Waals surface area contributed by atoms with Gasteiger partial charge in [0.25, 0.3) is 15.9 Å². The molecule has 0 saturated carbocycles. The van der Waals surface area contributed by atoms with Crippen molar-refractivity contribution >= 4 is 72.8 Å². The Balaban J connectivity index is 0.000000324. The summed E-state index contributed by atoms with van der Waals surface area (Å²) in [6.45, 7) is 2.04. The number of anilines is 2. The number of urea groups is 1. The van der Waals surface area contributed by atoms with Gasteiger partial charge in [-0.05, 0) is 36.8 Å². The lowest BCUT2D eigenvalue weighted by molar-refractivity contribution is -0.117. The van der Waals surface area contributed by atoms with Crippen LogP contribution in [-0.2, 0) is 31.4 Å². The number of carboxylic acids is 1. The molecule has 4 rings (SSSR count). The van der Waals surface area contributed by atoms with Crippen LogP contribution in [-0.4, -0.2) is 87.8 Å². The first kappa shape index (κ1) is 38.0. The molecule has 0 radical (unpaired) electrons. The second kappa shape index (κ2) is 16.1. The molecule has 2 aromatic carbocycles. The van der Waals surface area contributed by atoms with Gasteiger partial charge in [-0.2, -0.15) is 9.97 Å². The van der Waals surface area contributed by atoms with E-state index in [0.29, 0.717) is 12.4 Å². The zero-order chi connectivity index (χ0) is 35.8. The summed E-state index contributed by atoms with van der Waals surface area (Å²) in [5, 5.41) is 11.4. The fourth-order valence-corrected chi connectivity index (χ4v) is 5.80. The smallest absolute Gasteiger partial charge is 0.337 e. The predicted molar refractivity (Wildman–Crippen MR) is 174 cm³/mol. The largest absolute Gasteiger partial charge is 0.489 e. The van der Waals surface area contributed by atoms with Crippen LogP contribution in [0.4, 0.5) is 16.4 Å². The number of aromatic carboxylic acids is 1. The maximum absolute atomic E-state index is 12.7. The van der Waals surface area contributed by atoms with Crippen LogP contribution >= 0.6 is 23.2 Å². The first-order chi connectivity index (χ1) is 22.4. The molecule has 21 heteroatoms. The zero-order valence-corrected chi connectivity index (χ0v) is 28.8. The summed E-state index contributed by atoms with van der Waals surface area (Å²) >= 11 is 11.3. The number of sulfonamides is 2. The number of hydrogen-bond acceptors (Lipinski definition) is 12. The van der Waals surface area contributed by atoms with Crippen LogP contribution in [0.3, 0.4) is 0 Å². The standard InChI is InChI=1S/C16H19N5O9S2.C11H11Cl2NO2/c1-29-12-7-13(30-2)19-15(18-12)20-16(24)21-32(27,28)11-6-9(8-17-31(3,25)26)4-5-10(11)14(22)23;1-7-6-16-9-5-3-2-4-8(9)14(7)11(15)10(12)13/h4-7,17H,8H2,1-3H3,(H,22,23)(H2,18,19,20,21,24);2-5,7,10H,6H2,1H3. The molecule has 4 N–H and O–H groups in total. The third-order valence-corrected chi connectivity index (χ3v) is 8.54. The highest BCUT2D eigenvalue weighted by atomic mass is 35.5. The molecule has 1 atom stereocenters. The van der Waals surface area contributed by atoms with E-state index in [4.69, 9.17) is 37.4 Å². The summed E-state index contributed by atoms with van der Waals surface area (Å²) in [4.78, 5) is 43.0. The Morgan fingerprint density at radius 1 is 1.04 bits per heavy atom. The van der Waals surface area contributed by atoms with Gasteiger partial charge < -0.3 is 24.2 Å². The SMILES string of the molecule is CC1COc2ccccc2N1C(=O)C(Cl)Cl.COc1cc(OC)nc(NC(=O)NS(=O)(=O)c2cc(CNS(C)(=O)=O)ccc2C(=O)O)n1. The number of halogens is 2. The number of ether oxygens (including phenoxy) is 3. The summed E-state index contributed by atoms with van der Waals surface area (Å²) in [7, 11) is -5.69. The highest BCUT2D eigenvalue weighted by Gasteiger charge is 2.32. The van der Waals surface area contributed by atoms with Crippen molar-refractivity contribution in [2.24, 2.45) is 0 Å². The molecule has 1 aliphatic heterocycles. The van der Waals surface area contributed by atoms with Crippen molar-refractivity contribution in [1.82, 2.24) is 19.4 Å². The lowest BCUT2D eigenvalue weighted by atomic mass is 10.1. The molecule has 2 heterocycles. The van der Waals surface area contributed by atoms with Crippen molar-refractivity contribution in [2.75, 3.05) is 37.3 Å². The number of aromatic nitrogens is 2. The topological polar surface area (TPSA) is 233 Å². The number of carbonyl (C=O) groups excluding carboxylic acids is 2. The normalized spacial score (nSPS) is 14.1. The summed E-state index contributed by atoms with van der Waals surface area (Å²) < 4.78 is 67.0. The van der Waals surface area contributed by atoms with E-state index in [1.54, 1.807) is 9.62 Å². The predicted octanol–water partition coefficient (Wildman–Crippen LogP) is 2.36. The van der Waals surface area contributed by atoms with E-state index < -0.39 is 47.3 Å². The zero-order valence-electron chi connectivity index (χ0n) is 25.6. The van der Waals surface area contributed by atoms with E-state index >= 15 is 0 Å². The number of fused-ring (bicyclic) bond motifs is 1. The molecule has 260 valence electrons. The molecular weight excluding hydrogens is 719 g/mol. The number of para-hydroxylation sites is 2. The molecule has 0 spiro atoms. The fourth-order valence-electron chi connectivity index (χ4n) is 4.00. The van der Waals surface area contributed by atoms with Crippen LogP contribution in [0.5, 0.6) is 17.5 Å². The van der Waals surface area contributed by atoms with Gasteiger partial charge in [-0.25, -0.2) is 35.9 Å². The first-order valence-corrected chi connectivity index (χ1v) is 17.6. The first-order valence-electron chi connectivity index (χ1n) is 13.4. The quantitative estimate of drug-likeness (QED) is 0.218. The Kier molecular flexibility index (Phi) is 12.8. The minimum Gasteiger partial charge on any atom is -0.489 e. The maximum Gasteiger partial charge on any atom is 0.337 e. The van der Waals surface area contributed by atoms with E-state index in [2.05, 4.69) is 20.0 Å². The Hall–Kier alpha value is -4.43. The van der Waals surface area contributed by atoms with Crippen LogP contribution in [0.1, 0.15) is 22.8 Å². The monoisotopic (exact) mass is 748 g/mol. The van der Waals surface area contributed by atoms with Crippen molar-refractivity contribution < 1.29 is 50.5 Å². The minimum absolute atomic E-state index is 0.0225. The van der Waals surface area contributed by atoms with Gasteiger partial charge >= 0.3 is 12.0 Å². The van der Waals surface area contributed by atoms with Gasteiger partial charge in [0, 0.05) is 6.54 Å². The van der Waals surface area contributed by atoms with E-state index in [9.17, 15) is 36.3 Å². The van der Waals surface area contributed by atoms with Crippen LogP contribution in [0, 0.1) is 0 Å². The molecule has 48 heavy (non-hydrogen) atoms. The minimum atomic E-state index is -4.70. The van der Waals surface area contributed by atoms with E-state index in [1.165, 1.54) is 26.4 Å². The Morgan fingerprint density at radius 3 is 2.23 bits per heavy atom.